The molecule has 2 aromatic rings. The number of carboxylic acids is 1. The van der Waals surface area contributed by atoms with Crippen LogP contribution in [0.25, 0.3) is 11.1 Å². The van der Waals surface area contributed by atoms with E-state index < -0.39 is 27.8 Å². The van der Waals surface area contributed by atoms with Crippen LogP contribution in [-0.2, 0) is 25.9 Å². The maximum absolute atomic E-state index is 13.4. The molecule has 4 rings (SSSR count). The minimum atomic E-state index is -3.37. The molecule has 1 aliphatic heterocycles. The van der Waals surface area contributed by atoms with E-state index in [2.05, 4.69) is 24.1 Å². The number of carbonyl (C=O) groups is 2. The van der Waals surface area contributed by atoms with Gasteiger partial charge in [-0.1, -0.05) is 118 Å². The number of likely N-dealkylation sites (tertiary alicyclic amines) is 1. The highest BCUT2D eigenvalue weighted by molar-refractivity contribution is 7.90. The molecule has 0 bridgehead atoms. The van der Waals surface area contributed by atoms with Gasteiger partial charge < -0.3 is 15.2 Å². The summed E-state index contributed by atoms with van der Waals surface area (Å²) in [6.07, 6.45) is 12.3. The summed E-state index contributed by atoms with van der Waals surface area (Å²) in [4.78, 5) is 27.7. The lowest BCUT2D eigenvalue weighted by Crippen LogP contribution is -2.42. The first-order valence-corrected chi connectivity index (χ1v) is 21.8. The van der Waals surface area contributed by atoms with Crippen LogP contribution in [0, 0.1) is 12.8 Å². The van der Waals surface area contributed by atoms with Crippen molar-refractivity contribution >= 4 is 21.7 Å². The fourth-order valence-electron chi connectivity index (χ4n) is 6.06. The predicted octanol–water partition coefficient (Wildman–Crippen LogP) is 9.73. The van der Waals surface area contributed by atoms with Gasteiger partial charge in [-0.3, -0.25) is 9.69 Å². The Morgan fingerprint density at radius 3 is 2.08 bits per heavy atom. The van der Waals surface area contributed by atoms with E-state index in [9.17, 15) is 23.1 Å². The van der Waals surface area contributed by atoms with Gasteiger partial charge in [0.05, 0.1) is 12.4 Å². The molecule has 1 aliphatic carbocycles. The van der Waals surface area contributed by atoms with Gasteiger partial charge in [-0.25, -0.2) is 13.2 Å². The zero-order valence-electron chi connectivity index (χ0n) is 33.7. The second-order valence-electron chi connectivity index (χ2n) is 12.8. The first-order valence-electron chi connectivity index (χ1n) is 19.7. The van der Waals surface area contributed by atoms with Crippen LogP contribution in [0.4, 0.5) is 0 Å². The van der Waals surface area contributed by atoms with Crippen molar-refractivity contribution < 1.29 is 27.9 Å². The summed E-state index contributed by atoms with van der Waals surface area (Å²) < 4.78 is 29.4. The highest BCUT2D eigenvalue weighted by Gasteiger charge is 2.27. The number of sulfone groups is 1. The molecule has 2 fully saturated rings. The fraction of sp³-hybridized carbons (Fsp3) is 0.667. The molecule has 292 valence electrons. The molecule has 2 unspecified atom stereocenters. The lowest BCUT2D eigenvalue weighted by atomic mass is 9.90. The molecule has 2 aromatic carbocycles. The van der Waals surface area contributed by atoms with Crippen LogP contribution in [0.5, 0.6) is 0 Å². The number of carbonyl (C=O) groups excluding carboxylic acids is 1. The molecule has 1 amide bonds. The van der Waals surface area contributed by atoms with Crippen molar-refractivity contribution in [2.75, 3.05) is 31.8 Å². The highest BCUT2D eigenvalue weighted by atomic mass is 32.2. The lowest BCUT2D eigenvalue weighted by molar-refractivity contribution is -0.139. The zero-order valence-corrected chi connectivity index (χ0v) is 34.5. The molecule has 0 spiro atoms. The van der Waals surface area contributed by atoms with E-state index in [4.69, 9.17) is 4.74 Å². The van der Waals surface area contributed by atoms with Crippen LogP contribution in [0.3, 0.4) is 0 Å². The molecular weight excluding hydrogens is 661 g/mol. The summed E-state index contributed by atoms with van der Waals surface area (Å²) in [5.74, 6) is -1.43. The summed E-state index contributed by atoms with van der Waals surface area (Å²) in [7, 11) is -3.37. The average molecular weight is 733 g/mol. The van der Waals surface area contributed by atoms with Gasteiger partial charge in [0.1, 0.15) is 15.9 Å². The third-order valence-electron chi connectivity index (χ3n) is 8.92. The molecule has 51 heavy (non-hydrogen) atoms. The Morgan fingerprint density at radius 2 is 1.51 bits per heavy atom. The Labute approximate surface area is 312 Å². The summed E-state index contributed by atoms with van der Waals surface area (Å²) in [5.41, 5.74) is 4.07. The van der Waals surface area contributed by atoms with Crippen molar-refractivity contribution in [1.29, 1.82) is 0 Å². The monoisotopic (exact) mass is 733 g/mol. The smallest absolute Gasteiger partial charge is 0.326 e. The van der Waals surface area contributed by atoms with Crippen LogP contribution in [0.15, 0.2) is 42.5 Å². The number of hydrogen-bond acceptors (Lipinski definition) is 6. The predicted molar refractivity (Wildman–Crippen MR) is 215 cm³/mol. The first-order chi connectivity index (χ1) is 24.5. The van der Waals surface area contributed by atoms with E-state index in [1.807, 2.05) is 84.9 Å². The van der Waals surface area contributed by atoms with E-state index >= 15 is 0 Å². The molecule has 0 aromatic heterocycles. The first kappa shape index (κ1) is 48.2. The number of unbranched alkanes of at least 4 members (excludes halogenated alkanes) is 1. The largest absolute Gasteiger partial charge is 0.480 e. The Bertz CT molecular complexity index is 1340. The zero-order chi connectivity index (χ0) is 38.8. The van der Waals surface area contributed by atoms with Gasteiger partial charge in [-0.2, -0.15) is 0 Å². The van der Waals surface area contributed by atoms with Crippen molar-refractivity contribution in [2.24, 2.45) is 5.92 Å². The van der Waals surface area contributed by atoms with Gasteiger partial charge >= 0.3 is 5.97 Å². The van der Waals surface area contributed by atoms with Gasteiger partial charge in [0, 0.05) is 31.0 Å². The van der Waals surface area contributed by atoms with Gasteiger partial charge in [0.2, 0.25) is 0 Å². The quantitative estimate of drug-likeness (QED) is 0.199. The number of ether oxygens (including phenoxy) is 1. The van der Waals surface area contributed by atoms with E-state index in [1.165, 1.54) is 44.9 Å². The summed E-state index contributed by atoms with van der Waals surface area (Å²) in [5, 5.41) is 12.2. The Kier molecular flexibility index (Phi) is 26.3. The van der Waals surface area contributed by atoms with Crippen LogP contribution in [0.1, 0.15) is 141 Å². The normalized spacial score (nSPS) is 16.4. The summed E-state index contributed by atoms with van der Waals surface area (Å²) in [6.45, 7) is 21.7. The van der Waals surface area contributed by atoms with Crippen molar-refractivity contribution in [2.45, 2.75) is 145 Å². The second kappa shape index (κ2) is 27.8. The summed E-state index contributed by atoms with van der Waals surface area (Å²) in [6, 6.07) is 12.6. The molecule has 9 heteroatoms. The number of hydrogen-bond donors (Lipinski definition) is 2. The van der Waals surface area contributed by atoms with Gasteiger partial charge in [-0.15, -0.1) is 0 Å². The minimum absolute atomic E-state index is 0.198. The van der Waals surface area contributed by atoms with Crippen molar-refractivity contribution in [3.63, 3.8) is 0 Å². The number of rotatable bonds is 14. The molecule has 2 atom stereocenters. The van der Waals surface area contributed by atoms with Crippen molar-refractivity contribution in [3.05, 3.63) is 59.2 Å². The number of amides is 1. The number of nitrogens with zero attached hydrogens (tertiary/aromatic N) is 1. The lowest BCUT2D eigenvalue weighted by Gasteiger charge is -2.27. The number of aryl methyl sites for hydroxylation is 1. The standard InChI is InChI=1S/C32H44N2O6S.C4H10.3C2H6/c1-23-9-6-7-13-27(23)29-19-25(14-15-28(29)31(35)33-30(32(36)37)16-18-41(2,38)39)20-34-17-8-12-26(34)22-40-21-24-10-4-3-5-11-24;1-3-4-2;3*1-2/h6-7,9,13-15,19,24,26,30H,3-5,8,10-12,16-18,20-22H2,1-2H3,(H,33,35)(H,36,37);3-4H2,1-2H3;3*1-2H3. The van der Waals surface area contributed by atoms with Crippen LogP contribution in [0.2, 0.25) is 0 Å². The minimum Gasteiger partial charge on any atom is -0.480 e. The Balaban J connectivity index is 0.00000226. The van der Waals surface area contributed by atoms with E-state index in [1.54, 1.807) is 6.07 Å². The number of benzene rings is 2. The topological polar surface area (TPSA) is 113 Å². The molecule has 1 saturated carbocycles. The van der Waals surface area contributed by atoms with Gasteiger partial charge in [0.25, 0.3) is 5.91 Å². The fourth-order valence-corrected chi connectivity index (χ4v) is 6.73. The molecule has 2 N–H and O–H groups in total. The van der Waals surface area contributed by atoms with Crippen molar-refractivity contribution in [3.8, 4) is 11.1 Å². The van der Waals surface area contributed by atoms with E-state index in [-0.39, 0.29) is 12.2 Å². The van der Waals surface area contributed by atoms with Crippen molar-refractivity contribution in [1.82, 2.24) is 10.2 Å². The Morgan fingerprint density at radius 1 is 0.882 bits per heavy atom. The molecule has 2 aliphatic rings. The third-order valence-corrected chi connectivity index (χ3v) is 9.90. The SMILES string of the molecule is CC.CC.CC.CCCC.Cc1ccccc1-c1cc(CN2CCCC2COCC2CCCCC2)ccc1C(=O)NC(CCS(C)(=O)=O)C(=O)O. The Hall–Kier alpha value is -2.75. The van der Waals surface area contributed by atoms with E-state index in [0.29, 0.717) is 17.5 Å². The van der Waals surface area contributed by atoms with Crippen LogP contribution in [-0.4, -0.2) is 74.2 Å². The molecule has 1 heterocycles. The maximum atomic E-state index is 13.4. The number of aliphatic carboxylic acids is 1. The molecule has 0 radical (unpaired) electrons. The summed E-state index contributed by atoms with van der Waals surface area (Å²) >= 11 is 0. The molecular formula is C42H72N2O6S. The van der Waals surface area contributed by atoms with E-state index in [0.717, 1.165) is 67.7 Å². The van der Waals surface area contributed by atoms with Gasteiger partial charge in [0.15, 0.2) is 0 Å². The number of nitrogens with one attached hydrogen (secondary N) is 1. The molecule has 1 saturated heterocycles. The third kappa shape index (κ3) is 18.5. The van der Waals surface area contributed by atoms with Crippen LogP contribution >= 0.6 is 0 Å². The molecule has 8 nitrogen and oxygen atoms in total. The maximum Gasteiger partial charge on any atom is 0.326 e. The average Bonchev–Trinajstić information content (AvgIpc) is 3.59. The number of carboxylic acid groups (broad SMARTS) is 1. The van der Waals surface area contributed by atoms with Gasteiger partial charge in [-0.05, 0) is 85.9 Å². The second-order valence-corrected chi connectivity index (χ2v) is 15.0. The highest BCUT2D eigenvalue weighted by Crippen LogP contribution is 2.30. The van der Waals surface area contributed by atoms with Crippen LogP contribution < -0.4 is 5.32 Å².